The number of hydrogen-bond donors (Lipinski definition) is 1. The lowest BCUT2D eigenvalue weighted by molar-refractivity contribution is -0.111. The second kappa shape index (κ2) is 7.68. The van der Waals surface area contributed by atoms with Gasteiger partial charge in [0.15, 0.2) is 0 Å². The zero-order valence-corrected chi connectivity index (χ0v) is 14.7. The molecule has 0 heterocycles. The van der Waals surface area contributed by atoms with E-state index in [0.29, 0.717) is 21.5 Å². The van der Waals surface area contributed by atoms with Crippen molar-refractivity contribution in [2.45, 2.75) is 0 Å². The molecule has 0 saturated carbocycles. The Morgan fingerprint density at radius 3 is 2.68 bits per heavy atom. The van der Waals surface area contributed by atoms with Gasteiger partial charge in [0.1, 0.15) is 5.75 Å². The first-order valence-corrected chi connectivity index (χ1v) is 7.82. The Labute approximate surface area is 147 Å². The maximum absolute atomic E-state index is 12.0. The Balaban J connectivity index is 2.13. The summed E-state index contributed by atoms with van der Waals surface area (Å²) in [6.45, 7) is 0. The van der Waals surface area contributed by atoms with Gasteiger partial charge in [-0.25, -0.2) is 0 Å². The normalized spacial score (nSPS) is 10.7. The number of benzene rings is 2. The standard InChI is InChI=1S/C16H12BrCl2NO2/c1-22-15-6-3-11(17)8-10(15)2-7-16(21)20-14-5-4-12(18)9-13(14)19/h2-9H,1H3,(H,20,21). The Morgan fingerprint density at radius 1 is 1.23 bits per heavy atom. The lowest BCUT2D eigenvalue weighted by Gasteiger charge is -2.06. The van der Waals surface area contributed by atoms with E-state index in [-0.39, 0.29) is 5.91 Å². The molecule has 0 fully saturated rings. The van der Waals surface area contributed by atoms with Gasteiger partial charge < -0.3 is 10.1 Å². The molecule has 3 nitrogen and oxygen atoms in total. The van der Waals surface area contributed by atoms with Crippen molar-refractivity contribution in [3.8, 4) is 5.75 Å². The van der Waals surface area contributed by atoms with Crippen LogP contribution in [0, 0.1) is 0 Å². The van der Waals surface area contributed by atoms with Crippen molar-refractivity contribution < 1.29 is 9.53 Å². The molecule has 0 aliphatic carbocycles. The van der Waals surface area contributed by atoms with E-state index in [1.54, 1.807) is 31.4 Å². The molecule has 1 amide bonds. The maximum Gasteiger partial charge on any atom is 0.248 e. The van der Waals surface area contributed by atoms with Crippen molar-refractivity contribution in [2.75, 3.05) is 12.4 Å². The summed E-state index contributed by atoms with van der Waals surface area (Å²) < 4.78 is 6.14. The van der Waals surface area contributed by atoms with Crippen molar-refractivity contribution >= 4 is 56.8 Å². The van der Waals surface area contributed by atoms with E-state index in [0.717, 1.165) is 10.0 Å². The topological polar surface area (TPSA) is 38.3 Å². The van der Waals surface area contributed by atoms with Crippen LogP contribution in [0.25, 0.3) is 6.08 Å². The summed E-state index contributed by atoms with van der Waals surface area (Å²) in [5, 5.41) is 3.59. The molecule has 2 rings (SSSR count). The first-order valence-electron chi connectivity index (χ1n) is 6.27. The number of hydrogen-bond acceptors (Lipinski definition) is 2. The van der Waals surface area contributed by atoms with Crippen molar-refractivity contribution in [3.63, 3.8) is 0 Å². The number of amides is 1. The van der Waals surface area contributed by atoms with Crippen molar-refractivity contribution in [3.05, 3.63) is 62.6 Å². The third kappa shape index (κ3) is 4.50. The van der Waals surface area contributed by atoms with E-state index in [9.17, 15) is 4.79 Å². The third-order valence-corrected chi connectivity index (χ3v) is 3.84. The third-order valence-electron chi connectivity index (χ3n) is 2.80. The molecular weight excluding hydrogens is 389 g/mol. The summed E-state index contributed by atoms with van der Waals surface area (Å²) in [6, 6.07) is 10.4. The van der Waals surface area contributed by atoms with Gasteiger partial charge in [0, 0.05) is 21.1 Å². The van der Waals surface area contributed by atoms with E-state index < -0.39 is 0 Å². The van der Waals surface area contributed by atoms with Gasteiger partial charge in [-0.1, -0.05) is 39.1 Å². The largest absolute Gasteiger partial charge is 0.496 e. The molecule has 2 aromatic rings. The van der Waals surface area contributed by atoms with Gasteiger partial charge in [0.25, 0.3) is 0 Å². The molecule has 0 spiro atoms. The fraction of sp³-hybridized carbons (Fsp3) is 0.0625. The quantitative estimate of drug-likeness (QED) is 0.696. The van der Waals surface area contributed by atoms with Gasteiger partial charge in [0.05, 0.1) is 17.8 Å². The van der Waals surface area contributed by atoms with Crippen molar-refractivity contribution in [1.82, 2.24) is 0 Å². The molecule has 0 bridgehead atoms. The highest BCUT2D eigenvalue weighted by Gasteiger charge is 2.05. The Hall–Kier alpha value is -1.49. The number of carbonyl (C=O) groups excluding carboxylic acids is 1. The van der Waals surface area contributed by atoms with Crippen molar-refractivity contribution in [2.24, 2.45) is 0 Å². The number of rotatable bonds is 4. The smallest absolute Gasteiger partial charge is 0.248 e. The fourth-order valence-corrected chi connectivity index (χ4v) is 2.60. The fourth-order valence-electron chi connectivity index (χ4n) is 1.77. The highest BCUT2D eigenvalue weighted by molar-refractivity contribution is 9.10. The molecule has 0 radical (unpaired) electrons. The van der Waals surface area contributed by atoms with Crippen LogP contribution in [-0.2, 0) is 4.79 Å². The van der Waals surface area contributed by atoms with Gasteiger partial charge >= 0.3 is 0 Å². The molecule has 114 valence electrons. The second-order valence-electron chi connectivity index (χ2n) is 4.33. The predicted molar refractivity (Wildman–Crippen MR) is 94.8 cm³/mol. The number of halogens is 3. The molecular formula is C16H12BrCl2NO2. The monoisotopic (exact) mass is 399 g/mol. The van der Waals surface area contributed by atoms with Crippen LogP contribution in [0.3, 0.4) is 0 Å². The van der Waals surface area contributed by atoms with E-state index in [1.165, 1.54) is 6.08 Å². The average Bonchev–Trinajstić information content (AvgIpc) is 2.48. The summed E-state index contributed by atoms with van der Waals surface area (Å²) in [6.07, 6.45) is 3.08. The molecule has 1 N–H and O–H groups in total. The number of carbonyl (C=O) groups is 1. The Morgan fingerprint density at radius 2 is 2.00 bits per heavy atom. The molecule has 0 atom stereocenters. The van der Waals surface area contributed by atoms with Crippen LogP contribution < -0.4 is 10.1 Å². The van der Waals surface area contributed by atoms with Crippen LogP contribution in [0.5, 0.6) is 5.75 Å². The molecule has 0 aromatic heterocycles. The minimum absolute atomic E-state index is 0.300. The van der Waals surface area contributed by atoms with Gasteiger partial charge in [-0.15, -0.1) is 0 Å². The van der Waals surface area contributed by atoms with Crippen molar-refractivity contribution in [1.29, 1.82) is 0 Å². The predicted octanol–water partition coefficient (Wildman–Crippen LogP) is 5.42. The number of anilines is 1. The van der Waals surface area contributed by atoms with E-state index in [1.807, 2.05) is 18.2 Å². The summed E-state index contributed by atoms with van der Waals surface area (Å²) in [7, 11) is 1.58. The SMILES string of the molecule is COc1ccc(Br)cc1C=CC(=O)Nc1ccc(Cl)cc1Cl. The lowest BCUT2D eigenvalue weighted by Crippen LogP contribution is -2.08. The first-order chi connectivity index (χ1) is 10.5. The minimum Gasteiger partial charge on any atom is -0.496 e. The number of methoxy groups -OCH3 is 1. The van der Waals surface area contributed by atoms with Gasteiger partial charge in [-0.3, -0.25) is 4.79 Å². The van der Waals surface area contributed by atoms with Crippen LogP contribution in [0.15, 0.2) is 46.9 Å². The molecule has 0 saturated heterocycles. The van der Waals surface area contributed by atoms with E-state index >= 15 is 0 Å². The van der Waals surface area contributed by atoms with Crippen LogP contribution in [0.4, 0.5) is 5.69 Å². The number of nitrogens with one attached hydrogen (secondary N) is 1. The van der Waals surface area contributed by atoms with Crippen LogP contribution in [0.2, 0.25) is 10.0 Å². The Bertz CT molecular complexity index is 732. The first kappa shape index (κ1) is 16.9. The number of ether oxygens (including phenoxy) is 1. The zero-order chi connectivity index (χ0) is 16.1. The van der Waals surface area contributed by atoms with Crippen LogP contribution in [-0.4, -0.2) is 13.0 Å². The molecule has 22 heavy (non-hydrogen) atoms. The molecule has 2 aromatic carbocycles. The highest BCUT2D eigenvalue weighted by Crippen LogP contribution is 2.26. The van der Waals surface area contributed by atoms with E-state index in [2.05, 4.69) is 21.2 Å². The van der Waals surface area contributed by atoms with Crippen LogP contribution in [0.1, 0.15) is 5.56 Å². The van der Waals surface area contributed by atoms with Gasteiger partial charge in [-0.2, -0.15) is 0 Å². The lowest BCUT2D eigenvalue weighted by atomic mass is 10.2. The molecule has 6 heteroatoms. The second-order valence-corrected chi connectivity index (χ2v) is 6.09. The molecule has 0 aliphatic heterocycles. The summed E-state index contributed by atoms with van der Waals surface area (Å²) in [5.74, 6) is 0.378. The molecule has 0 aliphatic rings. The van der Waals surface area contributed by atoms with Gasteiger partial charge in [-0.05, 0) is 42.5 Å². The van der Waals surface area contributed by atoms with E-state index in [4.69, 9.17) is 27.9 Å². The molecule has 0 unspecified atom stereocenters. The summed E-state index contributed by atoms with van der Waals surface area (Å²) in [5.41, 5.74) is 1.29. The summed E-state index contributed by atoms with van der Waals surface area (Å²) >= 11 is 15.2. The minimum atomic E-state index is -0.300. The maximum atomic E-state index is 12.0. The summed E-state index contributed by atoms with van der Waals surface area (Å²) in [4.78, 5) is 12.0. The Kier molecular flexibility index (Phi) is 5.89. The average molecular weight is 401 g/mol. The van der Waals surface area contributed by atoms with Crippen LogP contribution >= 0.6 is 39.1 Å². The van der Waals surface area contributed by atoms with Gasteiger partial charge in [0.2, 0.25) is 5.91 Å². The zero-order valence-electron chi connectivity index (χ0n) is 11.6. The highest BCUT2D eigenvalue weighted by atomic mass is 79.9.